The maximum atomic E-state index is 12.2. The zero-order chi connectivity index (χ0) is 17.5. The fourth-order valence-electron chi connectivity index (χ4n) is 2.09. The quantitative estimate of drug-likeness (QED) is 0.591. The van der Waals surface area contributed by atoms with Crippen LogP contribution in [0.25, 0.3) is 0 Å². The zero-order valence-corrected chi connectivity index (χ0v) is 14.6. The van der Waals surface area contributed by atoms with Gasteiger partial charge in [-0.25, -0.2) is 10.4 Å². The lowest BCUT2D eigenvalue weighted by Gasteiger charge is -2.11. The number of nitrogens with one attached hydrogen (secondary N) is 1. The number of nitrogens with two attached hydrogens (primary N) is 1. The number of carbonyl (C=O) groups is 1. The van der Waals surface area contributed by atoms with E-state index in [1.54, 1.807) is 13.2 Å². The molecule has 0 bridgehead atoms. The lowest BCUT2D eigenvalue weighted by Crippen LogP contribution is -2.18. The van der Waals surface area contributed by atoms with E-state index < -0.39 is 0 Å². The van der Waals surface area contributed by atoms with Crippen LogP contribution < -0.4 is 20.6 Å². The molecule has 1 heterocycles. The number of ether oxygens (including phenoxy) is 2. The maximum Gasteiger partial charge on any atom is 0.283 e. The largest absolute Gasteiger partial charge is 0.493 e. The molecule has 7 nitrogen and oxygen atoms in total. The van der Waals surface area contributed by atoms with E-state index in [2.05, 4.69) is 15.5 Å². The average molecular weight is 348 g/mol. The number of hydrazone groups is 1. The van der Waals surface area contributed by atoms with E-state index in [1.807, 2.05) is 26.0 Å². The van der Waals surface area contributed by atoms with Gasteiger partial charge >= 0.3 is 0 Å². The molecule has 0 aliphatic carbocycles. The van der Waals surface area contributed by atoms with Crippen molar-refractivity contribution >= 4 is 28.6 Å². The molecule has 1 aromatic carbocycles. The van der Waals surface area contributed by atoms with Crippen LogP contribution >= 0.6 is 11.3 Å². The van der Waals surface area contributed by atoms with Crippen LogP contribution in [-0.2, 0) is 6.42 Å². The first-order valence-electron chi connectivity index (χ1n) is 7.49. The number of methoxy groups -OCH3 is 1. The van der Waals surface area contributed by atoms with E-state index in [1.165, 1.54) is 6.21 Å². The molecule has 0 radical (unpaired) electrons. The molecule has 0 saturated heterocycles. The van der Waals surface area contributed by atoms with Gasteiger partial charge in [-0.15, -0.1) is 0 Å². The molecule has 1 amide bonds. The molecular formula is C16H20N4O3S. The van der Waals surface area contributed by atoms with Gasteiger partial charge in [0.15, 0.2) is 16.6 Å². The summed E-state index contributed by atoms with van der Waals surface area (Å²) in [5, 5.41) is 4.37. The molecule has 0 saturated carbocycles. The van der Waals surface area contributed by atoms with Crippen molar-refractivity contribution < 1.29 is 14.3 Å². The van der Waals surface area contributed by atoms with Gasteiger partial charge in [-0.1, -0.05) is 24.3 Å². The zero-order valence-electron chi connectivity index (χ0n) is 13.8. The summed E-state index contributed by atoms with van der Waals surface area (Å²) >= 11 is 1.15. The highest BCUT2D eigenvalue weighted by atomic mass is 32.1. The van der Waals surface area contributed by atoms with Crippen molar-refractivity contribution in [1.29, 1.82) is 0 Å². The number of hydrogen-bond acceptors (Lipinski definition) is 7. The van der Waals surface area contributed by atoms with Gasteiger partial charge in [0.05, 0.1) is 25.6 Å². The fourth-order valence-corrected chi connectivity index (χ4v) is 2.90. The van der Waals surface area contributed by atoms with Crippen molar-refractivity contribution in [3.05, 3.63) is 34.3 Å². The number of amides is 1. The molecule has 2 aromatic rings. The number of aromatic nitrogens is 1. The van der Waals surface area contributed by atoms with Gasteiger partial charge in [0.25, 0.3) is 5.91 Å². The monoisotopic (exact) mass is 348 g/mol. The van der Waals surface area contributed by atoms with Crippen molar-refractivity contribution in [1.82, 2.24) is 10.4 Å². The van der Waals surface area contributed by atoms with Gasteiger partial charge in [0, 0.05) is 5.56 Å². The predicted octanol–water partition coefficient (Wildman–Crippen LogP) is 2.46. The third-order valence-corrected chi connectivity index (χ3v) is 4.07. The van der Waals surface area contributed by atoms with Crippen molar-refractivity contribution in [2.45, 2.75) is 20.3 Å². The maximum absolute atomic E-state index is 12.2. The van der Waals surface area contributed by atoms with Crippen LogP contribution in [0, 0.1) is 0 Å². The Bertz CT molecular complexity index is 743. The number of nitrogen functional groups attached to an aromatic ring is 1. The van der Waals surface area contributed by atoms with Gasteiger partial charge in [0.1, 0.15) is 4.88 Å². The molecule has 2 rings (SSSR count). The van der Waals surface area contributed by atoms with Gasteiger partial charge in [-0.2, -0.15) is 5.10 Å². The number of carbonyl (C=O) groups excluding carboxylic acids is 1. The number of anilines is 1. The Hall–Kier alpha value is -2.61. The van der Waals surface area contributed by atoms with Gasteiger partial charge in [-0.05, 0) is 25.5 Å². The molecule has 0 atom stereocenters. The van der Waals surface area contributed by atoms with Crippen LogP contribution in [0.4, 0.5) is 5.13 Å². The Balaban J connectivity index is 2.15. The number of rotatable bonds is 7. The molecule has 1 aromatic heterocycles. The smallest absolute Gasteiger partial charge is 0.283 e. The summed E-state index contributed by atoms with van der Waals surface area (Å²) in [6.07, 6.45) is 2.14. The third kappa shape index (κ3) is 4.02. The van der Waals surface area contributed by atoms with Crippen molar-refractivity contribution in [3.8, 4) is 11.5 Å². The molecule has 3 N–H and O–H groups in total. The SMILES string of the molecule is CCOc1c(/C=N\NC(=O)c2sc(N)nc2CC)cccc1OC. The molecule has 0 unspecified atom stereocenters. The summed E-state index contributed by atoms with van der Waals surface area (Å²) in [6, 6.07) is 5.45. The van der Waals surface area contributed by atoms with E-state index in [4.69, 9.17) is 15.2 Å². The first-order valence-corrected chi connectivity index (χ1v) is 8.30. The number of thiazole rings is 1. The van der Waals surface area contributed by atoms with Gasteiger partial charge < -0.3 is 15.2 Å². The van der Waals surface area contributed by atoms with Gasteiger partial charge in [0.2, 0.25) is 0 Å². The summed E-state index contributed by atoms with van der Waals surface area (Å²) < 4.78 is 10.9. The van der Waals surface area contributed by atoms with E-state index >= 15 is 0 Å². The summed E-state index contributed by atoms with van der Waals surface area (Å²) in [7, 11) is 1.57. The van der Waals surface area contributed by atoms with Crippen molar-refractivity contribution in [2.75, 3.05) is 19.5 Å². The van der Waals surface area contributed by atoms with Crippen LogP contribution in [0.3, 0.4) is 0 Å². The highest BCUT2D eigenvalue weighted by molar-refractivity contribution is 7.17. The second-order valence-electron chi connectivity index (χ2n) is 4.69. The normalized spacial score (nSPS) is 10.8. The van der Waals surface area contributed by atoms with E-state index in [0.29, 0.717) is 45.8 Å². The third-order valence-electron chi connectivity index (χ3n) is 3.14. The van der Waals surface area contributed by atoms with Crippen LogP contribution in [0.15, 0.2) is 23.3 Å². The summed E-state index contributed by atoms with van der Waals surface area (Å²) in [5.74, 6) is 0.852. The van der Waals surface area contributed by atoms with Crippen molar-refractivity contribution in [2.24, 2.45) is 5.10 Å². The Morgan fingerprint density at radius 2 is 2.25 bits per heavy atom. The summed E-state index contributed by atoms with van der Waals surface area (Å²) in [4.78, 5) is 16.8. The first-order chi connectivity index (χ1) is 11.6. The molecular weight excluding hydrogens is 328 g/mol. The van der Waals surface area contributed by atoms with Crippen molar-refractivity contribution in [3.63, 3.8) is 0 Å². The second-order valence-corrected chi connectivity index (χ2v) is 5.72. The Morgan fingerprint density at radius 1 is 1.46 bits per heavy atom. The van der Waals surface area contributed by atoms with E-state index in [0.717, 1.165) is 11.3 Å². The number of nitrogens with zero attached hydrogens (tertiary/aromatic N) is 2. The molecule has 0 aliphatic heterocycles. The minimum Gasteiger partial charge on any atom is -0.493 e. The summed E-state index contributed by atoms with van der Waals surface area (Å²) in [5.41, 5.74) is 9.52. The number of para-hydroxylation sites is 1. The number of hydrogen-bond donors (Lipinski definition) is 2. The number of benzene rings is 1. The average Bonchev–Trinajstić information content (AvgIpc) is 2.97. The minimum atomic E-state index is -0.335. The molecule has 0 aliphatic rings. The first kappa shape index (κ1) is 17.7. The van der Waals surface area contributed by atoms with Crippen LogP contribution in [-0.4, -0.2) is 30.8 Å². The van der Waals surface area contributed by atoms with E-state index in [-0.39, 0.29) is 5.91 Å². The second kappa shape index (κ2) is 8.30. The molecule has 8 heteroatoms. The van der Waals surface area contributed by atoms with Crippen LogP contribution in [0.5, 0.6) is 11.5 Å². The van der Waals surface area contributed by atoms with E-state index in [9.17, 15) is 4.79 Å². The lowest BCUT2D eigenvalue weighted by atomic mass is 10.2. The number of aryl methyl sites for hydroxylation is 1. The molecule has 0 spiro atoms. The van der Waals surface area contributed by atoms with Gasteiger partial charge in [-0.3, -0.25) is 4.79 Å². The molecule has 24 heavy (non-hydrogen) atoms. The lowest BCUT2D eigenvalue weighted by molar-refractivity contribution is 0.0958. The Kier molecular flexibility index (Phi) is 6.14. The van der Waals surface area contributed by atoms with Crippen LogP contribution in [0.1, 0.15) is 34.8 Å². The summed E-state index contributed by atoms with van der Waals surface area (Å²) in [6.45, 7) is 4.29. The minimum absolute atomic E-state index is 0.335. The molecule has 0 fully saturated rings. The Labute approximate surface area is 144 Å². The topological polar surface area (TPSA) is 98.8 Å². The van der Waals surface area contributed by atoms with Crippen LogP contribution in [0.2, 0.25) is 0 Å². The molecule has 128 valence electrons. The highest BCUT2D eigenvalue weighted by Crippen LogP contribution is 2.30. The fraction of sp³-hybridized carbons (Fsp3) is 0.312. The Morgan fingerprint density at radius 3 is 2.92 bits per heavy atom. The standard InChI is InChI=1S/C16H20N4O3S/c1-4-11-14(24-16(17)19-11)15(21)20-18-9-10-7-6-8-12(22-3)13(10)23-5-2/h6-9H,4-5H2,1-3H3,(H2,17,19)(H,20,21)/b18-9-. The highest BCUT2D eigenvalue weighted by Gasteiger charge is 2.15. The predicted molar refractivity (Wildman–Crippen MR) is 95.1 cm³/mol.